The van der Waals surface area contributed by atoms with Gasteiger partial charge in [0.25, 0.3) is 0 Å². The SMILES string of the molecule is O=C1[C@H]2CC=CC[C@H]2C(=O)N1Cc1ncc(-c2ccccc2)o1. The van der Waals surface area contributed by atoms with Crippen molar-refractivity contribution in [2.24, 2.45) is 11.8 Å². The van der Waals surface area contributed by atoms with Crippen LogP contribution in [0.2, 0.25) is 0 Å². The van der Waals surface area contributed by atoms with Gasteiger partial charge in [-0.05, 0) is 12.8 Å². The fraction of sp³-hybridized carbons (Fsp3) is 0.278. The minimum atomic E-state index is -0.212. The summed E-state index contributed by atoms with van der Waals surface area (Å²) in [6.07, 6.45) is 6.88. The van der Waals surface area contributed by atoms with Crippen molar-refractivity contribution in [1.29, 1.82) is 0 Å². The average molecular weight is 308 g/mol. The highest BCUT2D eigenvalue weighted by atomic mass is 16.4. The molecule has 4 rings (SSSR count). The molecule has 1 saturated heterocycles. The molecule has 0 N–H and O–H groups in total. The fourth-order valence-electron chi connectivity index (χ4n) is 3.28. The smallest absolute Gasteiger partial charge is 0.233 e. The predicted octanol–water partition coefficient (Wildman–Crippen LogP) is 2.79. The number of imide groups is 1. The summed E-state index contributed by atoms with van der Waals surface area (Å²) >= 11 is 0. The summed E-state index contributed by atoms with van der Waals surface area (Å²) in [6.45, 7) is 0.109. The zero-order valence-corrected chi connectivity index (χ0v) is 12.5. The molecule has 0 spiro atoms. The number of allylic oxidation sites excluding steroid dienone is 2. The van der Waals surface area contributed by atoms with Crippen LogP contribution in [0.3, 0.4) is 0 Å². The Balaban J connectivity index is 1.54. The van der Waals surface area contributed by atoms with E-state index in [9.17, 15) is 9.59 Å². The second-order valence-corrected chi connectivity index (χ2v) is 5.90. The molecule has 1 aromatic heterocycles. The lowest BCUT2D eigenvalue weighted by Crippen LogP contribution is -2.30. The van der Waals surface area contributed by atoms with Crippen LogP contribution in [-0.2, 0) is 16.1 Å². The van der Waals surface area contributed by atoms with E-state index < -0.39 is 0 Å². The first-order valence-corrected chi connectivity index (χ1v) is 7.74. The molecule has 5 heteroatoms. The molecule has 1 aliphatic carbocycles. The van der Waals surface area contributed by atoms with E-state index in [1.54, 1.807) is 6.20 Å². The first-order chi connectivity index (χ1) is 11.2. The van der Waals surface area contributed by atoms with Gasteiger partial charge in [0.15, 0.2) is 5.76 Å². The Hall–Kier alpha value is -2.69. The highest BCUT2D eigenvalue weighted by Crippen LogP contribution is 2.35. The van der Waals surface area contributed by atoms with Crippen molar-refractivity contribution in [2.75, 3.05) is 0 Å². The Labute approximate surface area is 133 Å². The van der Waals surface area contributed by atoms with E-state index in [4.69, 9.17) is 4.42 Å². The number of hydrogen-bond donors (Lipinski definition) is 0. The lowest BCUT2D eigenvalue weighted by atomic mass is 9.85. The summed E-state index contributed by atoms with van der Waals surface area (Å²) in [7, 11) is 0. The molecule has 5 nitrogen and oxygen atoms in total. The Morgan fingerprint density at radius 3 is 2.35 bits per heavy atom. The van der Waals surface area contributed by atoms with E-state index >= 15 is 0 Å². The number of benzene rings is 1. The van der Waals surface area contributed by atoms with Gasteiger partial charge >= 0.3 is 0 Å². The standard InChI is InChI=1S/C18H16N2O3/c21-17-13-8-4-5-9-14(13)18(22)20(17)11-16-19-10-15(23-16)12-6-2-1-3-7-12/h1-7,10,13-14H,8-9,11H2/t13-,14+. The zero-order valence-electron chi connectivity index (χ0n) is 12.5. The highest BCUT2D eigenvalue weighted by molar-refractivity contribution is 6.05. The summed E-state index contributed by atoms with van der Waals surface area (Å²) in [5.74, 6) is 0.385. The van der Waals surface area contributed by atoms with Crippen LogP contribution in [0.25, 0.3) is 11.3 Å². The van der Waals surface area contributed by atoms with Crippen LogP contribution < -0.4 is 0 Å². The van der Waals surface area contributed by atoms with Crippen LogP contribution in [0.5, 0.6) is 0 Å². The minimum absolute atomic E-state index is 0.108. The van der Waals surface area contributed by atoms with E-state index in [0.717, 1.165) is 5.56 Å². The summed E-state index contributed by atoms with van der Waals surface area (Å²) in [5.41, 5.74) is 0.920. The third-order valence-electron chi connectivity index (χ3n) is 4.50. The van der Waals surface area contributed by atoms with Crippen molar-refractivity contribution in [3.63, 3.8) is 0 Å². The Morgan fingerprint density at radius 1 is 1.04 bits per heavy atom. The second kappa shape index (κ2) is 5.50. The molecule has 116 valence electrons. The third-order valence-corrected chi connectivity index (χ3v) is 4.50. The number of oxazole rings is 1. The summed E-state index contributed by atoms with van der Waals surface area (Å²) in [5, 5.41) is 0. The highest BCUT2D eigenvalue weighted by Gasteiger charge is 2.47. The molecule has 1 fully saturated rings. The van der Waals surface area contributed by atoms with E-state index in [2.05, 4.69) is 4.98 Å². The van der Waals surface area contributed by atoms with E-state index in [1.165, 1.54) is 4.90 Å². The molecule has 2 aromatic rings. The van der Waals surface area contributed by atoms with Gasteiger partial charge in [-0.3, -0.25) is 14.5 Å². The number of aromatic nitrogens is 1. The molecule has 2 heterocycles. The Bertz CT molecular complexity index is 753. The monoisotopic (exact) mass is 308 g/mol. The Kier molecular flexibility index (Phi) is 3.33. The summed E-state index contributed by atoms with van der Waals surface area (Å²) in [6, 6.07) is 9.62. The van der Waals surface area contributed by atoms with Crippen LogP contribution in [-0.4, -0.2) is 21.7 Å². The van der Waals surface area contributed by atoms with Gasteiger partial charge < -0.3 is 4.42 Å². The van der Waals surface area contributed by atoms with Crippen LogP contribution in [0.4, 0.5) is 0 Å². The van der Waals surface area contributed by atoms with Crippen LogP contribution >= 0.6 is 0 Å². The molecule has 23 heavy (non-hydrogen) atoms. The lowest BCUT2D eigenvalue weighted by molar-refractivity contribution is -0.140. The molecule has 0 unspecified atom stereocenters. The lowest BCUT2D eigenvalue weighted by Gasteiger charge is -2.14. The zero-order chi connectivity index (χ0) is 15.8. The number of nitrogens with zero attached hydrogens (tertiary/aromatic N) is 2. The third kappa shape index (κ3) is 2.38. The first-order valence-electron chi connectivity index (χ1n) is 7.74. The molecule has 0 radical (unpaired) electrons. The van der Waals surface area contributed by atoms with Gasteiger partial charge in [0.05, 0.1) is 18.0 Å². The summed E-state index contributed by atoms with van der Waals surface area (Å²) in [4.78, 5) is 30.4. The number of amides is 2. The normalized spacial score (nSPS) is 23.4. The van der Waals surface area contributed by atoms with E-state index in [1.807, 2.05) is 42.5 Å². The largest absolute Gasteiger partial charge is 0.439 e. The maximum atomic E-state index is 12.4. The second-order valence-electron chi connectivity index (χ2n) is 5.90. The van der Waals surface area contributed by atoms with Crippen LogP contribution in [0.15, 0.2) is 53.1 Å². The van der Waals surface area contributed by atoms with Gasteiger partial charge in [0.2, 0.25) is 17.7 Å². The van der Waals surface area contributed by atoms with Gasteiger partial charge in [0.1, 0.15) is 6.54 Å². The molecule has 0 bridgehead atoms. The van der Waals surface area contributed by atoms with Crippen molar-refractivity contribution in [2.45, 2.75) is 19.4 Å². The van der Waals surface area contributed by atoms with Gasteiger partial charge in [0, 0.05) is 5.56 Å². The molecular weight excluding hydrogens is 292 g/mol. The van der Waals surface area contributed by atoms with Gasteiger partial charge in [-0.25, -0.2) is 4.98 Å². The quantitative estimate of drug-likeness (QED) is 0.646. The molecule has 0 saturated carbocycles. The maximum Gasteiger partial charge on any atom is 0.233 e. The number of carbonyl (C=O) groups is 2. The number of rotatable bonds is 3. The van der Waals surface area contributed by atoms with Gasteiger partial charge in [-0.2, -0.15) is 0 Å². The molecule has 1 aromatic carbocycles. The van der Waals surface area contributed by atoms with Crippen molar-refractivity contribution in [1.82, 2.24) is 9.88 Å². The van der Waals surface area contributed by atoms with Crippen molar-refractivity contribution >= 4 is 11.8 Å². The van der Waals surface area contributed by atoms with Crippen molar-refractivity contribution in [3.05, 3.63) is 54.6 Å². The molecule has 2 aliphatic rings. The predicted molar refractivity (Wildman–Crippen MR) is 82.9 cm³/mol. The maximum absolute atomic E-state index is 12.4. The number of likely N-dealkylation sites (tertiary alicyclic amines) is 1. The van der Waals surface area contributed by atoms with Crippen molar-refractivity contribution in [3.8, 4) is 11.3 Å². The Morgan fingerprint density at radius 2 is 1.70 bits per heavy atom. The molecule has 2 atom stereocenters. The van der Waals surface area contributed by atoms with E-state index in [-0.39, 0.29) is 30.2 Å². The molecule has 1 aliphatic heterocycles. The number of hydrogen-bond acceptors (Lipinski definition) is 4. The van der Waals surface area contributed by atoms with Crippen molar-refractivity contribution < 1.29 is 14.0 Å². The topological polar surface area (TPSA) is 63.4 Å². The number of fused-ring (bicyclic) bond motifs is 1. The molecular formula is C18H16N2O3. The van der Waals surface area contributed by atoms with Gasteiger partial charge in [-0.1, -0.05) is 42.5 Å². The average Bonchev–Trinajstić information content (AvgIpc) is 3.16. The first kappa shape index (κ1) is 13.9. The fourth-order valence-corrected chi connectivity index (χ4v) is 3.28. The van der Waals surface area contributed by atoms with Gasteiger partial charge in [-0.15, -0.1) is 0 Å². The molecule has 2 amide bonds. The van der Waals surface area contributed by atoms with Crippen LogP contribution in [0, 0.1) is 11.8 Å². The number of carbonyl (C=O) groups excluding carboxylic acids is 2. The summed E-state index contributed by atoms with van der Waals surface area (Å²) < 4.78 is 5.71. The van der Waals surface area contributed by atoms with E-state index in [0.29, 0.717) is 24.5 Å². The van der Waals surface area contributed by atoms with Crippen LogP contribution in [0.1, 0.15) is 18.7 Å². The minimum Gasteiger partial charge on any atom is -0.439 e.